The number of aryl methyl sites for hydroxylation is 1. The number of H-pyrrole nitrogens is 1. The predicted molar refractivity (Wildman–Crippen MR) is 73.2 cm³/mol. The molecule has 1 aromatic carbocycles. The third-order valence-corrected chi connectivity index (χ3v) is 3.66. The molecule has 0 amide bonds. The van der Waals surface area contributed by atoms with Crippen LogP contribution in [0.2, 0.25) is 0 Å². The molecular formula is C12H12BrN3S. The van der Waals surface area contributed by atoms with Gasteiger partial charge in [0.05, 0.1) is 5.69 Å². The van der Waals surface area contributed by atoms with Crippen LogP contribution < -0.4 is 0 Å². The van der Waals surface area contributed by atoms with E-state index in [1.807, 2.05) is 4.57 Å². The molecule has 1 aliphatic rings. The molecule has 0 spiro atoms. The first-order valence-corrected chi connectivity index (χ1v) is 6.80. The molecule has 3 rings (SSSR count). The molecule has 5 heteroatoms. The molecule has 0 atom stereocenters. The fraction of sp³-hybridized carbons (Fsp3) is 0.333. The number of halogens is 1. The van der Waals surface area contributed by atoms with Gasteiger partial charge in [0.15, 0.2) is 4.77 Å². The molecule has 0 bridgehead atoms. The molecule has 1 N–H and O–H groups in total. The van der Waals surface area contributed by atoms with Crippen LogP contribution in [0.25, 0.3) is 5.69 Å². The topological polar surface area (TPSA) is 33.6 Å². The number of aromatic amines is 1. The van der Waals surface area contributed by atoms with Crippen LogP contribution in [-0.2, 0) is 0 Å². The molecule has 0 unspecified atom stereocenters. The standard InChI is InChI=1S/C12H12BrN3S/c1-7-4-9(13)6-10(5-7)16-11(8-2-3-8)14-15-12(16)17/h4-6,8H,2-3H2,1H3,(H,15,17). The van der Waals surface area contributed by atoms with Crippen molar-refractivity contribution in [3.05, 3.63) is 38.8 Å². The van der Waals surface area contributed by atoms with E-state index in [-0.39, 0.29) is 0 Å². The van der Waals surface area contributed by atoms with Gasteiger partial charge in [-0.3, -0.25) is 9.67 Å². The van der Waals surface area contributed by atoms with Crippen molar-refractivity contribution in [2.24, 2.45) is 0 Å². The lowest BCUT2D eigenvalue weighted by Gasteiger charge is -2.07. The minimum Gasteiger partial charge on any atom is -0.272 e. The lowest BCUT2D eigenvalue weighted by atomic mass is 10.2. The monoisotopic (exact) mass is 309 g/mol. The quantitative estimate of drug-likeness (QED) is 0.854. The smallest absolute Gasteiger partial charge is 0.199 e. The zero-order valence-corrected chi connectivity index (χ0v) is 11.8. The first kappa shape index (κ1) is 11.2. The van der Waals surface area contributed by atoms with Gasteiger partial charge in [-0.05, 0) is 55.7 Å². The van der Waals surface area contributed by atoms with E-state index in [0.717, 1.165) is 16.0 Å². The molecule has 17 heavy (non-hydrogen) atoms. The minimum absolute atomic E-state index is 0.572. The minimum atomic E-state index is 0.572. The second kappa shape index (κ2) is 4.07. The number of hydrogen-bond acceptors (Lipinski definition) is 2. The van der Waals surface area contributed by atoms with Gasteiger partial charge in [-0.15, -0.1) is 0 Å². The van der Waals surface area contributed by atoms with Crippen molar-refractivity contribution in [1.82, 2.24) is 14.8 Å². The van der Waals surface area contributed by atoms with Crippen molar-refractivity contribution in [3.63, 3.8) is 0 Å². The van der Waals surface area contributed by atoms with Crippen LogP contribution in [-0.4, -0.2) is 14.8 Å². The highest BCUT2D eigenvalue weighted by molar-refractivity contribution is 9.10. The van der Waals surface area contributed by atoms with Crippen LogP contribution in [0.1, 0.15) is 30.1 Å². The van der Waals surface area contributed by atoms with Crippen molar-refractivity contribution < 1.29 is 0 Å². The second-order valence-electron chi connectivity index (χ2n) is 4.48. The summed E-state index contributed by atoms with van der Waals surface area (Å²) in [7, 11) is 0. The van der Waals surface area contributed by atoms with Crippen LogP contribution in [0.15, 0.2) is 22.7 Å². The Labute approximate surface area is 113 Å². The highest BCUT2D eigenvalue weighted by Crippen LogP contribution is 2.39. The van der Waals surface area contributed by atoms with Crippen molar-refractivity contribution in [2.75, 3.05) is 0 Å². The van der Waals surface area contributed by atoms with Gasteiger partial charge in [-0.25, -0.2) is 0 Å². The van der Waals surface area contributed by atoms with Gasteiger partial charge in [0.2, 0.25) is 0 Å². The summed E-state index contributed by atoms with van der Waals surface area (Å²) in [6.45, 7) is 2.08. The van der Waals surface area contributed by atoms with E-state index in [1.165, 1.54) is 18.4 Å². The van der Waals surface area contributed by atoms with Gasteiger partial charge in [-0.1, -0.05) is 15.9 Å². The summed E-state index contributed by atoms with van der Waals surface area (Å²) in [5.74, 6) is 1.63. The first-order valence-electron chi connectivity index (χ1n) is 5.60. The summed E-state index contributed by atoms with van der Waals surface area (Å²) >= 11 is 8.84. The summed E-state index contributed by atoms with van der Waals surface area (Å²) in [6.07, 6.45) is 2.43. The molecule has 1 fully saturated rings. The van der Waals surface area contributed by atoms with Gasteiger partial charge in [-0.2, -0.15) is 5.10 Å². The average molecular weight is 310 g/mol. The van der Waals surface area contributed by atoms with Crippen LogP contribution in [0.4, 0.5) is 0 Å². The zero-order chi connectivity index (χ0) is 12.0. The molecule has 1 saturated carbocycles. The van der Waals surface area contributed by atoms with E-state index in [9.17, 15) is 0 Å². The molecule has 2 aromatic rings. The molecule has 0 saturated heterocycles. The Kier molecular flexibility index (Phi) is 2.67. The summed E-state index contributed by atoms with van der Waals surface area (Å²) in [6, 6.07) is 6.29. The van der Waals surface area contributed by atoms with Crippen molar-refractivity contribution in [2.45, 2.75) is 25.7 Å². The van der Waals surface area contributed by atoms with Gasteiger partial charge >= 0.3 is 0 Å². The van der Waals surface area contributed by atoms with Crippen LogP contribution in [0.3, 0.4) is 0 Å². The maximum Gasteiger partial charge on any atom is 0.199 e. The highest BCUT2D eigenvalue weighted by atomic mass is 79.9. The first-order chi connectivity index (χ1) is 8.15. The Morgan fingerprint density at radius 1 is 1.41 bits per heavy atom. The summed E-state index contributed by atoms with van der Waals surface area (Å²) < 4.78 is 3.78. The molecule has 1 heterocycles. The van der Waals surface area contributed by atoms with Gasteiger partial charge in [0.25, 0.3) is 0 Å². The van der Waals surface area contributed by atoms with Crippen LogP contribution >= 0.6 is 28.1 Å². The fourth-order valence-corrected chi connectivity index (χ4v) is 2.86. The summed E-state index contributed by atoms with van der Waals surface area (Å²) in [5.41, 5.74) is 2.29. The number of nitrogens with zero attached hydrogens (tertiary/aromatic N) is 2. The molecule has 0 aliphatic heterocycles. The SMILES string of the molecule is Cc1cc(Br)cc(-n2c(C3CC3)n[nH]c2=S)c1. The van der Waals surface area contributed by atoms with Gasteiger partial charge in [0.1, 0.15) is 5.82 Å². The molecule has 1 aliphatic carbocycles. The van der Waals surface area contributed by atoms with Crippen molar-refractivity contribution >= 4 is 28.1 Å². The van der Waals surface area contributed by atoms with Crippen molar-refractivity contribution in [3.8, 4) is 5.69 Å². The largest absolute Gasteiger partial charge is 0.272 e. The fourth-order valence-electron chi connectivity index (χ4n) is 2.02. The second-order valence-corrected chi connectivity index (χ2v) is 5.79. The Hall–Kier alpha value is -0.940. The maximum atomic E-state index is 5.32. The van der Waals surface area contributed by atoms with E-state index >= 15 is 0 Å². The highest BCUT2D eigenvalue weighted by Gasteiger charge is 2.29. The van der Waals surface area contributed by atoms with Crippen LogP contribution in [0, 0.1) is 11.7 Å². The average Bonchev–Trinajstić information content (AvgIpc) is 3.01. The van der Waals surface area contributed by atoms with E-state index in [4.69, 9.17) is 12.2 Å². The molecular weight excluding hydrogens is 298 g/mol. The van der Waals surface area contributed by atoms with Gasteiger partial charge in [0, 0.05) is 10.4 Å². The van der Waals surface area contributed by atoms with E-state index < -0.39 is 0 Å². The number of nitrogens with one attached hydrogen (secondary N) is 1. The summed E-state index contributed by atoms with van der Waals surface area (Å²) in [4.78, 5) is 0. The third-order valence-electron chi connectivity index (χ3n) is 2.93. The van der Waals surface area contributed by atoms with E-state index in [0.29, 0.717) is 10.7 Å². The zero-order valence-electron chi connectivity index (χ0n) is 9.40. The lowest BCUT2D eigenvalue weighted by molar-refractivity contribution is 0.867. The Balaban J connectivity index is 2.20. The summed E-state index contributed by atoms with van der Waals surface area (Å²) in [5, 5.41) is 7.24. The normalized spacial score (nSPS) is 15.2. The molecule has 3 nitrogen and oxygen atoms in total. The molecule has 88 valence electrons. The van der Waals surface area contributed by atoms with E-state index in [2.05, 4.69) is 51.3 Å². The Bertz CT molecular complexity index is 605. The molecule has 0 radical (unpaired) electrons. The van der Waals surface area contributed by atoms with Crippen molar-refractivity contribution in [1.29, 1.82) is 0 Å². The number of hydrogen-bond donors (Lipinski definition) is 1. The Morgan fingerprint density at radius 3 is 2.82 bits per heavy atom. The Morgan fingerprint density at radius 2 is 2.18 bits per heavy atom. The third kappa shape index (κ3) is 2.09. The van der Waals surface area contributed by atoms with Gasteiger partial charge < -0.3 is 0 Å². The van der Waals surface area contributed by atoms with Crippen LogP contribution in [0.5, 0.6) is 0 Å². The number of rotatable bonds is 2. The predicted octanol–water partition coefficient (Wildman–Crippen LogP) is 3.88. The number of aromatic nitrogens is 3. The van der Waals surface area contributed by atoms with E-state index in [1.54, 1.807) is 0 Å². The maximum absolute atomic E-state index is 5.32. The molecule has 1 aromatic heterocycles. The number of benzene rings is 1. The lowest BCUT2D eigenvalue weighted by Crippen LogP contribution is -2.00.